The Hall–Kier alpha value is -4.26. The number of hydrogen-bond acceptors (Lipinski definition) is 5. The van der Waals surface area contributed by atoms with Crippen molar-refractivity contribution in [1.82, 2.24) is 0 Å². The Morgan fingerprint density at radius 3 is 1.84 bits per heavy atom. The number of rotatable bonds is 13. The van der Waals surface area contributed by atoms with E-state index in [0.717, 1.165) is 51.4 Å². The van der Waals surface area contributed by atoms with Crippen molar-refractivity contribution in [3.8, 4) is 0 Å². The van der Waals surface area contributed by atoms with Gasteiger partial charge in [0.25, 0.3) is 8.32 Å². The van der Waals surface area contributed by atoms with E-state index >= 15 is 0 Å². The molecular weight excluding hydrogens is 793 g/mol. The zero-order valence-electron chi connectivity index (χ0n) is 39.2. The molecule has 4 aromatic rings. The summed E-state index contributed by atoms with van der Waals surface area (Å²) in [5.74, 6) is 1.71. The monoisotopic (exact) mass is 865 g/mol. The van der Waals surface area contributed by atoms with Crippen molar-refractivity contribution < 1.29 is 23.5 Å². The molecule has 5 nitrogen and oxygen atoms in total. The Morgan fingerprint density at radius 2 is 1.29 bits per heavy atom. The van der Waals surface area contributed by atoms with Gasteiger partial charge >= 0.3 is 11.9 Å². The highest BCUT2D eigenvalue weighted by atomic mass is 28.4. The lowest BCUT2D eigenvalue weighted by atomic mass is 9.46. The Labute approximate surface area is 379 Å². The van der Waals surface area contributed by atoms with Crippen molar-refractivity contribution >= 4 is 30.6 Å². The number of carbonyl (C=O) groups is 2. The number of esters is 2. The largest absolute Gasteiger partial charge is 0.459 e. The molecule has 0 unspecified atom stereocenters. The average molecular weight is 865 g/mol. The van der Waals surface area contributed by atoms with Gasteiger partial charge in [0.1, 0.15) is 12.2 Å². The van der Waals surface area contributed by atoms with Crippen LogP contribution >= 0.6 is 0 Å². The molecule has 8 rings (SSSR count). The van der Waals surface area contributed by atoms with E-state index in [1.165, 1.54) is 16.8 Å². The van der Waals surface area contributed by atoms with Gasteiger partial charge in [-0.25, -0.2) is 9.59 Å². The first kappa shape index (κ1) is 45.3. The predicted molar refractivity (Wildman–Crippen MR) is 258 cm³/mol. The van der Waals surface area contributed by atoms with Crippen molar-refractivity contribution in [2.45, 2.75) is 137 Å². The summed E-state index contributed by atoms with van der Waals surface area (Å²) < 4.78 is 20.9. The van der Waals surface area contributed by atoms with Crippen LogP contribution < -0.4 is 10.4 Å². The molecule has 0 bridgehead atoms. The number of fused-ring (bicyclic) bond motifs is 5. The van der Waals surface area contributed by atoms with Gasteiger partial charge in [-0.2, -0.15) is 0 Å². The maximum Gasteiger partial charge on any atom is 0.338 e. The van der Waals surface area contributed by atoms with E-state index in [1.54, 1.807) is 5.57 Å². The van der Waals surface area contributed by atoms with Gasteiger partial charge in [-0.1, -0.05) is 164 Å². The highest BCUT2D eigenvalue weighted by molar-refractivity contribution is 6.99. The number of allylic oxidation sites excluding steroid dienone is 1. The maximum absolute atomic E-state index is 14.0. The molecule has 0 spiro atoms. The summed E-state index contributed by atoms with van der Waals surface area (Å²) in [7, 11) is -2.70. The van der Waals surface area contributed by atoms with Crippen LogP contribution in [0.1, 0.15) is 134 Å². The first-order valence-electron chi connectivity index (χ1n) is 24.1. The zero-order valence-corrected chi connectivity index (χ0v) is 40.2. The normalized spacial score (nSPS) is 29.1. The highest BCUT2D eigenvalue weighted by Crippen LogP contribution is 2.68. The Kier molecular flexibility index (Phi) is 13.2. The van der Waals surface area contributed by atoms with E-state index < -0.39 is 8.32 Å². The molecule has 334 valence electrons. The third-order valence-corrected chi connectivity index (χ3v) is 21.5. The number of carbonyl (C=O) groups excluding carboxylic acids is 2. The Balaban J connectivity index is 1.08. The molecule has 10 atom stereocenters. The maximum atomic E-state index is 14.0. The average Bonchev–Trinajstić information content (AvgIpc) is 3.57. The van der Waals surface area contributed by atoms with Crippen LogP contribution in [-0.2, 0) is 13.9 Å². The molecule has 0 heterocycles. The molecule has 3 fully saturated rings. The third-order valence-electron chi connectivity index (χ3n) is 16.5. The lowest BCUT2D eigenvalue weighted by molar-refractivity contribution is -0.0862. The van der Waals surface area contributed by atoms with Crippen LogP contribution in [0.5, 0.6) is 0 Å². The molecule has 4 aromatic carbocycles. The topological polar surface area (TPSA) is 61.8 Å². The van der Waals surface area contributed by atoms with E-state index in [2.05, 4.69) is 122 Å². The van der Waals surface area contributed by atoms with Gasteiger partial charge in [-0.15, -0.1) is 0 Å². The minimum Gasteiger partial charge on any atom is -0.459 e. The SMILES string of the molecule is CC(C)C[C@H](C[C@@H](C)[C@H]1C[C@@H](OC(=O)c2ccccc2)[C@H]2[C@@H]3CC=C4C[C@@H](O[Si](c5ccccc5)(c5ccccc5)C(C)(C)C)CC[C@]4(C)[C@H]3CC[C@@]21C)OC(=O)c1ccccc1. The zero-order chi connectivity index (χ0) is 44.6. The quantitative estimate of drug-likeness (QED) is 0.0761. The molecule has 0 amide bonds. The van der Waals surface area contributed by atoms with Gasteiger partial charge in [-0.05, 0) is 138 Å². The van der Waals surface area contributed by atoms with Gasteiger partial charge in [0.05, 0.1) is 11.1 Å². The van der Waals surface area contributed by atoms with Crippen molar-refractivity contribution in [3.63, 3.8) is 0 Å². The van der Waals surface area contributed by atoms with Crippen LogP contribution in [0.2, 0.25) is 5.04 Å². The van der Waals surface area contributed by atoms with E-state index in [1.807, 2.05) is 60.7 Å². The summed E-state index contributed by atoms with van der Waals surface area (Å²) in [6.45, 7) is 19.0. The van der Waals surface area contributed by atoms with Crippen LogP contribution in [0.3, 0.4) is 0 Å². The minimum absolute atomic E-state index is 0.0146. The van der Waals surface area contributed by atoms with Crippen LogP contribution in [-0.4, -0.2) is 38.6 Å². The first-order chi connectivity index (χ1) is 30.1. The fraction of sp³-hybridized carbons (Fsp3) is 0.509. The van der Waals surface area contributed by atoms with Crippen molar-refractivity contribution in [2.24, 2.45) is 46.3 Å². The number of ether oxygens (including phenoxy) is 2. The van der Waals surface area contributed by atoms with Crippen LogP contribution in [0.15, 0.2) is 133 Å². The summed E-state index contributed by atoms with van der Waals surface area (Å²) in [6.07, 6.45) is 11.3. The van der Waals surface area contributed by atoms with Crippen molar-refractivity contribution in [3.05, 3.63) is 144 Å². The van der Waals surface area contributed by atoms with E-state index in [0.29, 0.717) is 34.8 Å². The predicted octanol–water partition coefficient (Wildman–Crippen LogP) is 12.6. The second-order valence-electron chi connectivity index (χ2n) is 21.8. The van der Waals surface area contributed by atoms with Crippen LogP contribution in [0.4, 0.5) is 0 Å². The van der Waals surface area contributed by atoms with E-state index in [-0.39, 0.29) is 58.0 Å². The first-order valence-corrected chi connectivity index (χ1v) is 26.1. The lowest BCUT2D eigenvalue weighted by Gasteiger charge is -2.59. The molecule has 6 heteroatoms. The third kappa shape index (κ3) is 8.80. The number of benzene rings is 4. The standard InChI is InChI=1S/C57H72O5Si/c1-39(2)35-45(60-53(58)41-21-13-9-14-22-41)36-40(3)50-38-51(61-54(59)42-23-15-10-16-24-42)52-48-30-29-43-37-44(31-33-56(43,7)49(48)32-34-57(50,52)8)62-63(55(4,5)6,46-25-17-11-18-26-46)47-27-19-12-20-28-47/h9-29,39-40,44-45,48-52H,30-38H2,1-8H3/t40-,44+,45-,48-,49+,50-,51-,52-,56+,57-/m1/s1. The smallest absolute Gasteiger partial charge is 0.338 e. The van der Waals surface area contributed by atoms with Gasteiger partial charge < -0.3 is 13.9 Å². The number of hydrogen-bond donors (Lipinski definition) is 0. The second kappa shape index (κ2) is 18.3. The second-order valence-corrected chi connectivity index (χ2v) is 26.0. The summed E-state index contributed by atoms with van der Waals surface area (Å²) in [4.78, 5) is 27.4. The molecule has 4 aliphatic rings. The van der Waals surface area contributed by atoms with Crippen LogP contribution in [0, 0.1) is 46.3 Å². The summed E-state index contributed by atoms with van der Waals surface area (Å²) >= 11 is 0. The Bertz CT molecular complexity index is 2160. The van der Waals surface area contributed by atoms with Gasteiger partial charge in [0, 0.05) is 12.0 Å². The summed E-state index contributed by atoms with van der Waals surface area (Å²) in [6, 6.07) is 41.1. The van der Waals surface area contributed by atoms with Crippen molar-refractivity contribution in [1.29, 1.82) is 0 Å². The molecule has 63 heavy (non-hydrogen) atoms. The molecule has 0 aliphatic heterocycles. The summed E-state index contributed by atoms with van der Waals surface area (Å²) in [5.41, 5.74) is 2.85. The Morgan fingerprint density at radius 1 is 0.730 bits per heavy atom. The van der Waals surface area contributed by atoms with E-state index in [4.69, 9.17) is 13.9 Å². The van der Waals surface area contributed by atoms with Gasteiger partial charge in [0.2, 0.25) is 0 Å². The molecule has 0 N–H and O–H groups in total. The fourth-order valence-corrected chi connectivity index (χ4v) is 18.3. The molecule has 0 aromatic heterocycles. The molecule has 3 saturated carbocycles. The molecule has 0 saturated heterocycles. The molecule has 4 aliphatic carbocycles. The highest BCUT2D eigenvalue weighted by Gasteiger charge is 2.64. The molecule has 0 radical (unpaired) electrons. The molecular formula is C57H72O5Si. The van der Waals surface area contributed by atoms with Gasteiger partial charge in [-0.3, -0.25) is 0 Å². The fourth-order valence-electron chi connectivity index (χ4n) is 13.6. The van der Waals surface area contributed by atoms with Gasteiger partial charge in [0.15, 0.2) is 0 Å². The lowest BCUT2D eigenvalue weighted by Crippen LogP contribution is -2.68. The van der Waals surface area contributed by atoms with Crippen LogP contribution in [0.25, 0.3) is 0 Å². The minimum atomic E-state index is -2.70. The van der Waals surface area contributed by atoms with Crippen molar-refractivity contribution in [2.75, 3.05) is 0 Å². The van der Waals surface area contributed by atoms with E-state index in [9.17, 15) is 9.59 Å². The summed E-state index contributed by atoms with van der Waals surface area (Å²) in [5, 5.41) is 2.61.